The van der Waals surface area contributed by atoms with Gasteiger partial charge in [0.1, 0.15) is 0 Å². The van der Waals surface area contributed by atoms with Crippen molar-refractivity contribution in [1.82, 2.24) is 4.90 Å². The highest BCUT2D eigenvalue weighted by Gasteiger charge is 2.23. The number of hydrogen-bond acceptors (Lipinski definition) is 2. The van der Waals surface area contributed by atoms with Crippen LogP contribution in [0.5, 0.6) is 0 Å². The third-order valence-corrected chi connectivity index (χ3v) is 3.65. The predicted octanol–water partition coefficient (Wildman–Crippen LogP) is 3.85. The lowest BCUT2D eigenvalue weighted by Gasteiger charge is -2.34. The minimum absolute atomic E-state index is 0.165. The molecule has 0 fully saturated rings. The third-order valence-electron chi connectivity index (χ3n) is 3.40. The third kappa shape index (κ3) is 3.98. The molecule has 0 saturated heterocycles. The zero-order valence-electron chi connectivity index (χ0n) is 11.7. The second-order valence-electron chi connectivity index (χ2n) is 4.70. The average Bonchev–Trinajstić information content (AvgIpc) is 2.39. The molecule has 0 radical (unpaired) electrons. The molecule has 2 nitrogen and oxygen atoms in total. The highest BCUT2D eigenvalue weighted by atomic mass is 35.5. The van der Waals surface area contributed by atoms with Crippen LogP contribution >= 0.6 is 11.6 Å². The summed E-state index contributed by atoms with van der Waals surface area (Å²) >= 11 is 5.96. The van der Waals surface area contributed by atoms with Crippen LogP contribution in [0.4, 0.5) is 0 Å². The van der Waals surface area contributed by atoms with Crippen LogP contribution < -0.4 is 5.73 Å². The molecule has 1 aromatic carbocycles. The Kier molecular flexibility index (Phi) is 6.69. The minimum atomic E-state index is 0.165. The average molecular weight is 269 g/mol. The molecule has 0 heterocycles. The largest absolute Gasteiger partial charge is 0.326 e. The molecule has 3 heteroatoms. The van der Waals surface area contributed by atoms with E-state index in [2.05, 4.69) is 37.8 Å². The van der Waals surface area contributed by atoms with Crippen LogP contribution in [0.2, 0.25) is 5.02 Å². The van der Waals surface area contributed by atoms with Crippen LogP contribution in [-0.2, 0) is 0 Å². The van der Waals surface area contributed by atoms with Crippen molar-refractivity contribution in [2.75, 3.05) is 13.1 Å². The van der Waals surface area contributed by atoms with Crippen molar-refractivity contribution in [2.24, 2.45) is 5.73 Å². The molecule has 0 aliphatic heterocycles. The highest BCUT2D eigenvalue weighted by molar-refractivity contribution is 6.30. The smallest absolute Gasteiger partial charge is 0.0498 e. The van der Waals surface area contributed by atoms with Crippen LogP contribution in [-0.4, -0.2) is 24.0 Å². The molecule has 0 bridgehead atoms. The SMILES string of the molecule is CCCN(CC)C(c1ccc(Cl)cc1)C(N)CC. The molecule has 18 heavy (non-hydrogen) atoms. The number of halogens is 1. The molecule has 0 spiro atoms. The Bertz CT molecular complexity index is 337. The molecule has 1 rings (SSSR count). The topological polar surface area (TPSA) is 29.3 Å². The first kappa shape index (κ1) is 15.5. The molecule has 0 amide bonds. The van der Waals surface area contributed by atoms with Gasteiger partial charge in [-0.2, -0.15) is 0 Å². The second kappa shape index (κ2) is 7.78. The Hall–Kier alpha value is -0.570. The van der Waals surface area contributed by atoms with E-state index in [4.69, 9.17) is 17.3 Å². The molecule has 0 aliphatic rings. The van der Waals surface area contributed by atoms with Crippen molar-refractivity contribution in [3.8, 4) is 0 Å². The van der Waals surface area contributed by atoms with Crippen LogP contribution in [0.25, 0.3) is 0 Å². The Morgan fingerprint density at radius 1 is 1.17 bits per heavy atom. The Morgan fingerprint density at radius 3 is 2.22 bits per heavy atom. The maximum Gasteiger partial charge on any atom is 0.0498 e. The van der Waals surface area contributed by atoms with E-state index >= 15 is 0 Å². The van der Waals surface area contributed by atoms with Crippen molar-refractivity contribution in [1.29, 1.82) is 0 Å². The number of rotatable bonds is 7. The molecule has 102 valence electrons. The lowest BCUT2D eigenvalue weighted by Crippen LogP contribution is -2.41. The fraction of sp³-hybridized carbons (Fsp3) is 0.600. The van der Waals surface area contributed by atoms with Crippen molar-refractivity contribution in [2.45, 2.75) is 45.7 Å². The Balaban J connectivity index is 2.99. The van der Waals surface area contributed by atoms with E-state index in [-0.39, 0.29) is 12.1 Å². The number of likely N-dealkylation sites (N-methyl/N-ethyl adjacent to an activating group) is 1. The summed E-state index contributed by atoms with van der Waals surface area (Å²) in [6.45, 7) is 8.65. The van der Waals surface area contributed by atoms with Gasteiger partial charge >= 0.3 is 0 Å². The van der Waals surface area contributed by atoms with Gasteiger partial charge in [-0.25, -0.2) is 0 Å². The lowest BCUT2D eigenvalue weighted by molar-refractivity contribution is 0.178. The summed E-state index contributed by atoms with van der Waals surface area (Å²) in [6.07, 6.45) is 2.13. The lowest BCUT2D eigenvalue weighted by atomic mass is 9.96. The van der Waals surface area contributed by atoms with Gasteiger partial charge < -0.3 is 5.73 Å². The molecular weight excluding hydrogens is 244 g/mol. The second-order valence-corrected chi connectivity index (χ2v) is 5.13. The fourth-order valence-electron chi connectivity index (χ4n) is 2.39. The van der Waals surface area contributed by atoms with Gasteiger partial charge in [0.05, 0.1) is 0 Å². The first-order valence-electron chi connectivity index (χ1n) is 6.89. The van der Waals surface area contributed by atoms with E-state index in [0.29, 0.717) is 0 Å². The zero-order valence-corrected chi connectivity index (χ0v) is 12.5. The van der Waals surface area contributed by atoms with Crippen LogP contribution in [0, 0.1) is 0 Å². The summed E-state index contributed by atoms with van der Waals surface area (Å²) < 4.78 is 0. The molecule has 2 atom stereocenters. The standard InChI is InChI=1S/C15H25ClN2/c1-4-11-18(6-3)15(14(17)5-2)12-7-9-13(16)10-8-12/h7-10,14-15H,4-6,11,17H2,1-3H3. The van der Waals surface area contributed by atoms with E-state index in [1.54, 1.807) is 0 Å². The number of nitrogens with zero attached hydrogens (tertiary/aromatic N) is 1. The van der Waals surface area contributed by atoms with Gasteiger partial charge in [-0.05, 0) is 43.6 Å². The van der Waals surface area contributed by atoms with Gasteiger partial charge in [0, 0.05) is 17.1 Å². The van der Waals surface area contributed by atoms with E-state index in [9.17, 15) is 0 Å². The van der Waals surface area contributed by atoms with Gasteiger partial charge in [-0.1, -0.05) is 44.5 Å². The Morgan fingerprint density at radius 2 is 1.78 bits per heavy atom. The normalized spacial score (nSPS) is 14.8. The molecule has 2 unspecified atom stereocenters. The van der Waals surface area contributed by atoms with Crippen LogP contribution in [0.1, 0.15) is 45.2 Å². The summed E-state index contributed by atoms with van der Waals surface area (Å²) in [5, 5.41) is 0.779. The van der Waals surface area contributed by atoms with E-state index in [1.807, 2.05) is 12.1 Å². The van der Waals surface area contributed by atoms with Crippen molar-refractivity contribution in [3.63, 3.8) is 0 Å². The molecule has 0 aliphatic carbocycles. The summed E-state index contributed by atoms with van der Waals surface area (Å²) in [5.41, 5.74) is 7.59. The van der Waals surface area contributed by atoms with Gasteiger partial charge in [-0.3, -0.25) is 4.90 Å². The number of hydrogen-bond donors (Lipinski definition) is 1. The maximum absolute atomic E-state index is 6.32. The number of benzene rings is 1. The van der Waals surface area contributed by atoms with Gasteiger partial charge in [-0.15, -0.1) is 0 Å². The monoisotopic (exact) mass is 268 g/mol. The number of nitrogens with two attached hydrogens (primary N) is 1. The maximum atomic E-state index is 6.32. The quantitative estimate of drug-likeness (QED) is 0.814. The zero-order chi connectivity index (χ0) is 13.5. The highest BCUT2D eigenvalue weighted by Crippen LogP contribution is 2.26. The van der Waals surface area contributed by atoms with Crippen molar-refractivity contribution >= 4 is 11.6 Å². The summed E-state index contributed by atoms with van der Waals surface area (Å²) in [4.78, 5) is 2.46. The van der Waals surface area contributed by atoms with Crippen molar-refractivity contribution < 1.29 is 0 Å². The summed E-state index contributed by atoms with van der Waals surface area (Å²) in [7, 11) is 0. The summed E-state index contributed by atoms with van der Waals surface area (Å²) in [5.74, 6) is 0. The van der Waals surface area contributed by atoms with Gasteiger partial charge in [0.25, 0.3) is 0 Å². The first-order chi connectivity index (χ1) is 8.63. The summed E-state index contributed by atoms with van der Waals surface area (Å²) in [6, 6.07) is 8.55. The van der Waals surface area contributed by atoms with E-state index in [0.717, 1.165) is 31.0 Å². The molecule has 0 aromatic heterocycles. The minimum Gasteiger partial charge on any atom is -0.326 e. The first-order valence-corrected chi connectivity index (χ1v) is 7.26. The fourth-order valence-corrected chi connectivity index (χ4v) is 2.52. The molecule has 1 aromatic rings. The van der Waals surface area contributed by atoms with Crippen LogP contribution in [0.3, 0.4) is 0 Å². The predicted molar refractivity (Wildman–Crippen MR) is 80.0 cm³/mol. The molecule has 2 N–H and O–H groups in total. The van der Waals surface area contributed by atoms with Gasteiger partial charge in [0.15, 0.2) is 0 Å². The molecule has 0 saturated carbocycles. The van der Waals surface area contributed by atoms with Crippen molar-refractivity contribution in [3.05, 3.63) is 34.9 Å². The van der Waals surface area contributed by atoms with Crippen LogP contribution in [0.15, 0.2) is 24.3 Å². The van der Waals surface area contributed by atoms with E-state index < -0.39 is 0 Å². The Labute approximate surface area is 116 Å². The van der Waals surface area contributed by atoms with Gasteiger partial charge in [0.2, 0.25) is 0 Å². The molecular formula is C15H25ClN2. The van der Waals surface area contributed by atoms with E-state index in [1.165, 1.54) is 5.56 Å².